The molecule has 0 aliphatic heterocycles. The number of aliphatic hydroxyl groups is 1. The van der Waals surface area contributed by atoms with E-state index in [1.54, 1.807) is 37.3 Å². The maximum absolute atomic E-state index is 14.8. The summed E-state index contributed by atoms with van der Waals surface area (Å²) in [4.78, 5) is 9.35. The predicted octanol–water partition coefficient (Wildman–Crippen LogP) is 3.91. The maximum atomic E-state index is 14.8. The van der Waals surface area contributed by atoms with Gasteiger partial charge in [0.05, 0.1) is 28.3 Å². The summed E-state index contributed by atoms with van der Waals surface area (Å²) in [6, 6.07) is 11.2. The van der Waals surface area contributed by atoms with E-state index in [1.165, 1.54) is 18.3 Å². The minimum atomic E-state index is -1.25. The van der Waals surface area contributed by atoms with Crippen LogP contribution in [0.3, 0.4) is 0 Å². The Kier molecular flexibility index (Phi) is 8.87. The van der Waals surface area contributed by atoms with Crippen molar-refractivity contribution >= 4 is 16.6 Å². The molecule has 0 aliphatic carbocycles. The molecule has 9 nitrogen and oxygen atoms in total. The Balaban J connectivity index is 1.55. The molecule has 0 spiro atoms. The third-order valence-electron chi connectivity index (χ3n) is 5.86. The molecule has 4 aromatic rings. The summed E-state index contributed by atoms with van der Waals surface area (Å²) in [5.74, 6) is -0.580. The number of hydrogen-bond donors (Lipinski definition) is 3. The fourth-order valence-electron chi connectivity index (χ4n) is 3.59. The van der Waals surface area contributed by atoms with Gasteiger partial charge in [0, 0.05) is 34.9 Å². The Morgan fingerprint density at radius 3 is 2.55 bits per heavy atom. The molecule has 2 heterocycles. The number of alkyl halides is 1. The zero-order valence-electron chi connectivity index (χ0n) is 20.9. The third-order valence-corrected chi connectivity index (χ3v) is 7.57. The van der Waals surface area contributed by atoms with Crippen molar-refractivity contribution in [1.82, 2.24) is 25.5 Å². The van der Waals surface area contributed by atoms with Gasteiger partial charge in [-0.05, 0) is 43.2 Å². The van der Waals surface area contributed by atoms with Crippen molar-refractivity contribution in [2.75, 3.05) is 19.0 Å². The van der Waals surface area contributed by atoms with Crippen molar-refractivity contribution < 1.29 is 22.5 Å². The summed E-state index contributed by atoms with van der Waals surface area (Å²) in [6.07, 6.45) is 1.94. The van der Waals surface area contributed by atoms with Crippen LogP contribution in [0.5, 0.6) is 0 Å². The van der Waals surface area contributed by atoms with Crippen LogP contribution in [0.4, 0.5) is 14.6 Å². The maximum Gasteiger partial charge on any atom is 0.270 e. The topological polar surface area (TPSA) is 140 Å². The molecule has 0 fully saturated rings. The quantitative estimate of drug-likeness (QED) is 0.257. The second kappa shape index (κ2) is 12.3. The molecule has 0 aliphatic rings. The third kappa shape index (κ3) is 6.26. The van der Waals surface area contributed by atoms with Crippen LogP contribution in [0.25, 0.3) is 34.3 Å². The zero-order chi connectivity index (χ0) is 27.2. The van der Waals surface area contributed by atoms with Gasteiger partial charge in [0.1, 0.15) is 12.5 Å². The van der Waals surface area contributed by atoms with Crippen molar-refractivity contribution in [1.29, 1.82) is 0 Å². The molecule has 0 bridgehead atoms. The molecule has 3 atom stereocenters. The predicted molar refractivity (Wildman–Crippen MR) is 140 cm³/mol. The van der Waals surface area contributed by atoms with Gasteiger partial charge < -0.3 is 20.6 Å². The van der Waals surface area contributed by atoms with Crippen LogP contribution in [-0.2, 0) is 17.3 Å². The summed E-state index contributed by atoms with van der Waals surface area (Å²) in [5, 5.41) is 19.8. The first-order valence-corrected chi connectivity index (χ1v) is 13.2. The van der Waals surface area contributed by atoms with E-state index in [1.807, 2.05) is 6.92 Å². The van der Waals surface area contributed by atoms with Crippen LogP contribution in [0.1, 0.15) is 25.8 Å². The molecule has 200 valence electrons. The van der Waals surface area contributed by atoms with Crippen LogP contribution in [0.2, 0.25) is 0 Å². The molecule has 4 N–H and O–H groups in total. The van der Waals surface area contributed by atoms with E-state index in [2.05, 4.69) is 25.5 Å². The first-order chi connectivity index (χ1) is 18.3. The Bertz CT molecular complexity index is 1420. The van der Waals surface area contributed by atoms with Gasteiger partial charge in [0.15, 0.2) is 11.5 Å². The van der Waals surface area contributed by atoms with E-state index in [9.17, 15) is 13.0 Å². The molecular formula is C26H28F2N6O3S. The van der Waals surface area contributed by atoms with E-state index in [0.717, 1.165) is 0 Å². The Morgan fingerprint density at radius 1 is 1.13 bits per heavy atom. The molecule has 2 aromatic heterocycles. The Labute approximate surface area is 221 Å². The first-order valence-electron chi connectivity index (χ1n) is 12.0. The number of rotatable bonds is 11. The zero-order valence-corrected chi connectivity index (χ0v) is 21.7. The average Bonchev–Trinajstić information content (AvgIpc) is 3.41. The smallest absolute Gasteiger partial charge is 0.270 e. The van der Waals surface area contributed by atoms with Crippen molar-refractivity contribution in [3.63, 3.8) is 0 Å². The normalized spacial score (nSPS) is 13.8. The SMILES string of the molecule is CC(CF)NCc1ccc(-c2nnc(-c3nc(-c4ccc(S(=O)C(C)CCO)cc4)cnc3N)o2)c(F)c1. The van der Waals surface area contributed by atoms with Crippen LogP contribution < -0.4 is 11.1 Å². The molecule has 3 unspecified atom stereocenters. The lowest BCUT2D eigenvalue weighted by Gasteiger charge is -2.10. The summed E-state index contributed by atoms with van der Waals surface area (Å²) in [5.41, 5.74) is 8.09. The molecule has 38 heavy (non-hydrogen) atoms. The number of nitrogens with zero attached hydrogens (tertiary/aromatic N) is 4. The standard InChI is InChI=1S/C26H28F2N6O3S/c1-15(12-27)30-13-17-3-8-20(21(28)11-17)25-33-34-26(37-25)23-24(29)31-14-22(32-23)18-4-6-19(7-5-18)38(36)16(2)9-10-35/h3-8,11,14-16,30,35H,9-10,12-13H2,1-2H3,(H2,29,31). The van der Waals surface area contributed by atoms with Crippen LogP contribution >= 0.6 is 0 Å². The number of aromatic nitrogens is 4. The van der Waals surface area contributed by atoms with Gasteiger partial charge in [-0.25, -0.2) is 18.7 Å². The summed E-state index contributed by atoms with van der Waals surface area (Å²) < 4.78 is 45.7. The van der Waals surface area contributed by atoms with E-state index >= 15 is 0 Å². The number of nitrogens with two attached hydrogens (primary N) is 1. The molecule has 0 radical (unpaired) electrons. The number of anilines is 1. The lowest BCUT2D eigenvalue weighted by Crippen LogP contribution is -2.27. The van der Waals surface area contributed by atoms with E-state index in [0.29, 0.717) is 34.7 Å². The molecule has 0 saturated carbocycles. The van der Waals surface area contributed by atoms with Gasteiger partial charge in [-0.15, -0.1) is 10.2 Å². The highest BCUT2D eigenvalue weighted by Crippen LogP contribution is 2.29. The number of hydrogen-bond acceptors (Lipinski definition) is 9. The first kappa shape index (κ1) is 27.4. The van der Waals surface area contributed by atoms with Crippen molar-refractivity contribution in [3.05, 3.63) is 60.0 Å². The highest BCUT2D eigenvalue weighted by atomic mass is 32.2. The average molecular weight is 543 g/mol. The second-order valence-electron chi connectivity index (χ2n) is 8.80. The van der Waals surface area contributed by atoms with E-state index < -0.39 is 23.3 Å². The van der Waals surface area contributed by atoms with Gasteiger partial charge in [-0.3, -0.25) is 4.21 Å². The number of benzene rings is 2. The summed E-state index contributed by atoms with van der Waals surface area (Å²) >= 11 is 0. The molecule has 4 rings (SSSR count). The van der Waals surface area contributed by atoms with Crippen LogP contribution in [0.15, 0.2) is 58.0 Å². The fourth-order valence-corrected chi connectivity index (χ4v) is 4.78. The fraction of sp³-hybridized carbons (Fsp3) is 0.308. The van der Waals surface area contributed by atoms with Crippen molar-refractivity contribution in [2.24, 2.45) is 0 Å². The lowest BCUT2D eigenvalue weighted by atomic mass is 10.1. The van der Waals surface area contributed by atoms with Gasteiger partial charge >= 0.3 is 0 Å². The molecule has 12 heteroatoms. The molecule has 0 saturated heterocycles. The van der Waals surface area contributed by atoms with E-state index in [-0.39, 0.29) is 46.8 Å². The monoisotopic (exact) mass is 542 g/mol. The van der Waals surface area contributed by atoms with Gasteiger partial charge in [-0.2, -0.15) is 0 Å². The minimum absolute atomic E-state index is 0.0238. The largest absolute Gasteiger partial charge is 0.414 e. The summed E-state index contributed by atoms with van der Waals surface area (Å²) in [6.45, 7) is 3.30. The number of nitrogen functional groups attached to an aromatic ring is 1. The van der Waals surface area contributed by atoms with Crippen LogP contribution in [0, 0.1) is 5.82 Å². The molecule has 0 amide bonds. The Morgan fingerprint density at radius 2 is 1.87 bits per heavy atom. The van der Waals surface area contributed by atoms with E-state index in [4.69, 9.17) is 15.3 Å². The number of nitrogens with one attached hydrogen (secondary N) is 1. The number of aliphatic hydroxyl groups excluding tert-OH is 1. The van der Waals surface area contributed by atoms with Gasteiger partial charge in [-0.1, -0.05) is 25.1 Å². The van der Waals surface area contributed by atoms with Crippen molar-refractivity contribution in [3.8, 4) is 34.3 Å². The highest BCUT2D eigenvalue weighted by molar-refractivity contribution is 7.85. The minimum Gasteiger partial charge on any atom is -0.414 e. The molecule has 2 aromatic carbocycles. The molecular weight excluding hydrogens is 514 g/mol. The highest BCUT2D eigenvalue weighted by Gasteiger charge is 2.19. The number of halogens is 2. The summed E-state index contributed by atoms with van der Waals surface area (Å²) in [7, 11) is -1.25. The van der Waals surface area contributed by atoms with Gasteiger partial charge in [0.2, 0.25) is 0 Å². The van der Waals surface area contributed by atoms with Crippen LogP contribution in [-0.4, -0.2) is 54.1 Å². The van der Waals surface area contributed by atoms with Crippen molar-refractivity contribution in [2.45, 2.75) is 43.0 Å². The second-order valence-corrected chi connectivity index (χ2v) is 10.7. The van der Waals surface area contributed by atoms with Gasteiger partial charge in [0.25, 0.3) is 11.8 Å². The lowest BCUT2D eigenvalue weighted by molar-refractivity contribution is 0.288. The Hall–Kier alpha value is -3.61.